The minimum atomic E-state index is -3.08. The lowest BCUT2D eigenvalue weighted by molar-refractivity contribution is -0.133. The second-order valence-corrected chi connectivity index (χ2v) is 11.2. The molecule has 1 unspecified atom stereocenters. The predicted molar refractivity (Wildman–Crippen MR) is 159 cm³/mol. The first-order valence-corrected chi connectivity index (χ1v) is 15.2. The summed E-state index contributed by atoms with van der Waals surface area (Å²) in [5.41, 5.74) is 1.12. The zero-order chi connectivity index (χ0) is 31.2. The Bertz CT molecular complexity index is 1680. The molecule has 12 nitrogen and oxygen atoms in total. The van der Waals surface area contributed by atoms with Gasteiger partial charge in [0.1, 0.15) is 23.6 Å². The molecule has 0 saturated carbocycles. The van der Waals surface area contributed by atoms with Gasteiger partial charge in [-0.2, -0.15) is 24.2 Å². The molecule has 0 aliphatic carbocycles. The third kappa shape index (κ3) is 7.14. The third-order valence-corrected chi connectivity index (χ3v) is 8.00. The van der Waals surface area contributed by atoms with E-state index in [1.807, 2.05) is 13.2 Å². The van der Waals surface area contributed by atoms with Crippen molar-refractivity contribution >= 4 is 34.9 Å². The number of nitrogens with zero attached hydrogens (tertiary/aromatic N) is 7. The topological polar surface area (TPSA) is 142 Å². The number of amides is 2. The van der Waals surface area contributed by atoms with E-state index < -0.39 is 12.5 Å². The number of ether oxygens (including phenoxy) is 1. The normalized spacial score (nSPS) is 14.5. The number of hydrogen-bond donors (Lipinski definition) is 2. The highest BCUT2D eigenvalue weighted by molar-refractivity contribution is 7.98. The molecule has 1 fully saturated rings. The Morgan fingerprint density at radius 1 is 1.27 bits per heavy atom. The van der Waals surface area contributed by atoms with Gasteiger partial charge in [0.05, 0.1) is 23.9 Å². The number of anilines is 1. The molecule has 0 bridgehead atoms. The highest BCUT2D eigenvalue weighted by Gasteiger charge is 2.26. The average molecular weight is 624 g/mol. The van der Waals surface area contributed by atoms with E-state index in [0.29, 0.717) is 25.3 Å². The second-order valence-electron chi connectivity index (χ2n) is 10.3. The molecule has 2 amide bonds. The molecular weight excluding hydrogens is 592 g/mol. The number of likely N-dealkylation sites (tertiary alicyclic amines) is 1. The van der Waals surface area contributed by atoms with Crippen LogP contribution in [0.3, 0.4) is 0 Å². The first-order chi connectivity index (χ1) is 21.2. The van der Waals surface area contributed by atoms with Gasteiger partial charge in [0.2, 0.25) is 5.91 Å². The van der Waals surface area contributed by atoms with Crippen molar-refractivity contribution in [3.63, 3.8) is 0 Å². The van der Waals surface area contributed by atoms with Gasteiger partial charge in [0.15, 0.2) is 5.65 Å². The summed E-state index contributed by atoms with van der Waals surface area (Å²) >= 11 is 1.40. The monoisotopic (exact) mass is 623 g/mol. The number of hydrogen-bond acceptors (Lipinski definition) is 9. The van der Waals surface area contributed by atoms with E-state index in [2.05, 4.69) is 31.9 Å². The van der Waals surface area contributed by atoms with Crippen LogP contribution in [0.15, 0.2) is 53.9 Å². The first kappa shape index (κ1) is 30.9. The molecule has 1 aliphatic rings. The molecule has 15 heteroatoms. The van der Waals surface area contributed by atoms with Gasteiger partial charge in [0.25, 0.3) is 5.91 Å². The molecular formula is C29H31F2N9O3S. The summed E-state index contributed by atoms with van der Waals surface area (Å²) in [6, 6.07) is 8.83. The number of carbonyl (C=O) groups is 2. The molecule has 1 atom stereocenters. The van der Waals surface area contributed by atoms with Crippen LogP contribution in [0, 0.1) is 17.2 Å². The number of piperidine rings is 1. The fraction of sp³-hybridized carbons (Fsp3) is 0.379. The summed E-state index contributed by atoms with van der Waals surface area (Å²) in [4.78, 5) is 33.4. The Hall–Kier alpha value is -4.55. The van der Waals surface area contributed by atoms with Gasteiger partial charge in [-0.05, 0) is 50.3 Å². The summed E-state index contributed by atoms with van der Waals surface area (Å²) in [7, 11) is 0. The number of fused-ring (bicyclic) bond motifs is 1. The smallest absolute Gasteiger partial charge is 0.387 e. The molecule has 1 aromatic carbocycles. The van der Waals surface area contributed by atoms with Crippen LogP contribution in [0.2, 0.25) is 0 Å². The Morgan fingerprint density at radius 2 is 2.07 bits per heavy atom. The molecule has 1 saturated heterocycles. The summed E-state index contributed by atoms with van der Waals surface area (Å²) in [6.07, 6.45) is 9.41. The lowest BCUT2D eigenvalue weighted by atomic mass is 10.0. The van der Waals surface area contributed by atoms with Crippen LogP contribution >= 0.6 is 11.8 Å². The van der Waals surface area contributed by atoms with Gasteiger partial charge in [-0.25, -0.2) is 9.50 Å². The number of carbonyl (C=O) groups excluding carboxylic acids is 2. The SMILES string of the molecule is CSc1ccc(OC(F)F)c(-c2nn(CC(=O)N3CCC(NCC(C)C#N)CC3)cc2NC(=O)c2cnn3cccnc23)c1. The van der Waals surface area contributed by atoms with Crippen molar-refractivity contribution < 1.29 is 23.1 Å². The van der Waals surface area contributed by atoms with E-state index in [1.54, 1.807) is 29.3 Å². The van der Waals surface area contributed by atoms with E-state index in [-0.39, 0.29) is 52.7 Å². The average Bonchev–Trinajstić information content (AvgIpc) is 3.64. The van der Waals surface area contributed by atoms with Gasteiger partial charge >= 0.3 is 6.61 Å². The molecule has 1 aliphatic heterocycles. The maximum Gasteiger partial charge on any atom is 0.387 e. The summed E-state index contributed by atoms with van der Waals surface area (Å²) < 4.78 is 34.3. The minimum absolute atomic E-state index is 0.0919. The Morgan fingerprint density at radius 3 is 2.80 bits per heavy atom. The van der Waals surface area contributed by atoms with Crippen LogP contribution in [-0.4, -0.2) is 79.6 Å². The van der Waals surface area contributed by atoms with E-state index >= 15 is 0 Å². The fourth-order valence-corrected chi connectivity index (χ4v) is 5.39. The van der Waals surface area contributed by atoms with Crippen molar-refractivity contribution in [1.82, 2.24) is 34.6 Å². The maximum absolute atomic E-state index is 13.4. The number of nitriles is 1. The molecule has 3 aromatic heterocycles. The van der Waals surface area contributed by atoms with Crippen LogP contribution in [0.4, 0.5) is 14.5 Å². The second kappa shape index (κ2) is 13.8. The number of rotatable bonds is 11. The number of aromatic nitrogens is 5. The van der Waals surface area contributed by atoms with Crippen LogP contribution in [0.1, 0.15) is 30.1 Å². The van der Waals surface area contributed by atoms with E-state index in [0.717, 1.165) is 17.7 Å². The molecule has 4 aromatic rings. The fourth-order valence-electron chi connectivity index (χ4n) is 4.95. The van der Waals surface area contributed by atoms with Crippen LogP contribution in [-0.2, 0) is 11.3 Å². The standard InChI is InChI=1S/C29H31F2N9O3S/c1-18(13-32)14-34-19-6-10-38(11-7-19)25(41)17-39-16-23(36-28(42)22-15-35-40-9-3-8-33-27(22)40)26(37-39)21-12-20(44-2)4-5-24(21)43-29(30)31/h3-5,8-9,12,15-16,18-19,29,34H,6-7,10-11,14,17H2,1-2H3,(H,36,42). The lowest BCUT2D eigenvalue weighted by Crippen LogP contribution is -2.46. The van der Waals surface area contributed by atoms with Crippen molar-refractivity contribution in [1.29, 1.82) is 5.26 Å². The summed E-state index contributed by atoms with van der Waals surface area (Å²) in [6.45, 7) is 0.326. The molecule has 4 heterocycles. The number of nitrogens with one attached hydrogen (secondary N) is 2. The zero-order valence-electron chi connectivity index (χ0n) is 24.1. The van der Waals surface area contributed by atoms with E-state index in [9.17, 15) is 18.4 Å². The van der Waals surface area contributed by atoms with Crippen molar-refractivity contribution in [2.75, 3.05) is 31.2 Å². The van der Waals surface area contributed by atoms with Crippen molar-refractivity contribution in [3.8, 4) is 23.1 Å². The molecule has 5 rings (SSSR count). The first-order valence-electron chi connectivity index (χ1n) is 14.0. The number of alkyl halides is 2. The highest BCUT2D eigenvalue weighted by atomic mass is 32.2. The highest BCUT2D eigenvalue weighted by Crippen LogP contribution is 2.38. The number of benzene rings is 1. The van der Waals surface area contributed by atoms with Crippen molar-refractivity contribution in [3.05, 3.63) is 54.6 Å². The lowest BCUT2D eigenvalue weighted by Gasteiger charge is -2.32. The van der Waals surface area contributed by atoms with Gasteiger partial charge in [-0.15, -0.1) is 11.8 Å². The van der Waals surface area contributed by atoms with Crippen LogP contribution in [0.5, 0.6) is 5.75 Å². The van der Waals surface area contributed by atoms with E-state index in [4.69, 9.17) is 10.00 Å². The third-order valence-electron chi connectivity index (χ3n) is 7.27. The van der Waals surface area contributed by atoms with Crippen molar-refractivity contribution in [2.45, 2.75) is 43.9 Å². The largest absolute Gasteiger partial charge is 0.434 e. The van der Waals surface area contributed by atoms with Gasteiger partial charge < -0.3 is 20.3 Å². The molecule has 0 radical (unpaired) electrons. The summed E-state index contributed by atoms with van der Waals surface area (Å²) in [5, 5.41) is 23.9. The molecule has 0 spiro atoms. The number of thioether (sulfide) groups is 1. The Labute approximate surface area is 256 Å². The quantitative estimate of drug-likeness (QED) is 0.238. The van der Waals surface area contributed by atoms with Crippen LogP contribution in [0.25, 0.3) is 16.9 Å². The predicted octanol–water partition coefficient (Wildman–Crippen LogP) is 3.91. The van der Waals surface area contributed by atoms with Gasteiger partial charge in [-0.1, -0.05) is 0 Å². The Balaban J connectivity index is 1.40. The molecule has 2 N–H and O–H groups in total. The van der Waals surface area contributed by atoms with Gasteiger partial charge in [-0.3, -0.25) is 14.3 Å². The maximum atomic E-state index is 13.4. The number of halogens is 2. The molecule has 44 heavy (non-hydrogen) atoms. The van der Waals surface area contributed by atoms with Gasteiger partial charge in [0, 0.05) is 54.7 Å². The van der Waals surface area contributed by atoms with Crippen molar-refractivity contribution in [2.24, 2.45) is 5.92 Å². The summed E-state index contributed by atoms with van der Waals surface area (Å²) in [5.74, 6) is -0.925. The van der Waals surface area contributed by atoms with E-state index in [1.165, 1.54) is 45.6 Å². The minimum Gasteiger partial charge on any atom is -0.434 e. The molecule has 230 valence electrons. The zero-order valence-corrected chi connectivity index (χ0v) is 24.9. The van der Waals surface area contributed by atoms with Crippen LogP contribution < -0.4 is 15.4 Å². The Kier molecular flexibility index (Phi) is 9.71.